The molecule has 1 saturated carbocycles. The van der Waals surface area contributed by atoms with Crippen molar-refractivity contribution in [3.05, 3.63) is 53.2 Å². The summed E-state index contributed by atoms with van der Waals surface area (Å²) in [5.41, 5.74) is 3.64. The Labute approximate surface area is 190 Å². The van der Waals surface area contributed by atoms with Crippen molar-refractivity contribution in [3.63, 3.8) is 0 Å². The topological polar surface area (TPSA) is 93.5 Å². The zero-order valence-electron chi connectivity index (χ0n) is 18.0. The minimum atomic E-state index is -1.29. The van der Waals surface area contributed by atoms with E-state index in [1.165, 1.54) is 0 Å². The third kappa shape index (κ3) is 3.66. The van der Waals surface area contributed by atoms with Gasteiger partial charge >= 0.3 is 0 Å². The van der Waals surface area contributed by atoms with Crippen molar-refractivity contribution in [1.82, 2.24) is 14.7 Å². The highest BCUT2D eigenvalue weighted by molar-refractivity contribution is 6.32. The van der Waals surface area contributed by atoms with Crippen LogP contribution in [0.2, 0.25) is 5.02 Å². The molecule has 32 heavy (non-hydrogen) atoms. The highest BCUT2D eigenvalue weighted by atomic mass is 35.5. The molecule has 0 aliphatic heterocycles. The SMILES string of the molecule is CC(C)Oc1ccc(-c2nc(-c3cccc4c([C@@H]5C[C@H]5C(O)O)cn(C)c34)no2)cc1Cl. The zero-order chi connectivity index (χ0) is 22.6. The first kappa shape index (κ1) is 21.0. The predicted molar refractivity (Wildman–Crippen MR) is 121 cm³/mol. The van der Waals surface area contributed by atoms with Crippen LogP contribution in [-0.2, 0) is 7.05 Å². The Morgan fingerprint density at radius 2 is 2.03 bits per heavy atom. The van der Waals surface area contributed by atoms with E-state index in [-0.39, 0.29) is 17.9 Å². The lowest BCUT2D eigenvalue weighted by Gasteiger charge is -2.11. The second kappa shape index (κ2) is 7.92. The molecule has 2 heterocycles. The first-order valence-corrected chi connectivity index (χ1v) is 11.0. The number of fused-ring (bicyclic) bond motifs is 1. The molecule has 166 valence electrons. The van der Waals surface area contributed by atoms with Gasteiger partial charge in [-0.05, 0) is 56.0 Å². The lowest BCUT2D eigenvalue weighted by molar-refractivity contribution is -0.0577. The Kier molecular flexibility index (Phi) is 5.20. The van der Waals surface area contributed by atoms with Crippen molar-refractivity contribution in [2.24, 2.45) is 13.0 Å². The van der Waals surface area contributed by atoms with Crippen LogP contribution in [0.25, 0.3) is 33.7 Å². The number of nitrogens with zero attached hydrogens (tertiary/aromatic N) is 3. The number of aliphatic hydroxyl groups excluding tert-OH is 1. The van der Waals surface area contributed by atoms with Crippen LogP contribution in [0.15, 0.2) is 47.1 Å². The van der Waals surface area contributed by atoms with Crippen LogP contribution >= 0.6 is 11.6 Å². The standard InChI is InChI=1S/C24H24ClN3O4/c1-12(2)31-20-8-7-13(9-19(20)25)23-26-22(27-32-23)15-6-4-5-14-18(11-28(3)21(14)15)16-10-17(16)24(29)30/h4-9,11-12,16-17,24,29-30H,10H2,1-3H3/t16-,17-/m1/s1. The number of hydrogen-bond acceptors (Lipinski definition) is 6. The largest absolute Gasteiger partial charge is 0.489 e. The molecule has 8 heteroatoms. The molecule has 7 nitrogen and oxygen atoms in total. The number of halogens is 1. The van der Waals surface area contributed by atoms with Gasteiger partial charge in [0.25, 0.3) is 5.89 Å². The number of aromatic nitrogens is 3. The number of benzene rings is 2. The lowest BCUT2D eigenvalue weighted by atomic mass is 10.0. The molecule has 2 N–H and O–H groups in total. The fourth-order valence-electron chi connectivity index (χ4n) is 4.31. The summed E-state index contributed by atoms with van der Waals surface area (Å²) in [6.45, 7) is 3.89. The van der Waals surface area contributed by atoms with Crippen molar-refractivity contribution in [3.8, 4) is 28.6 Å². The van der Waals surface area contributed by atoms with Crippen LogP contribution in [0, 0.1) is 5.92 Å². The molecule has 0 radical (unpaired) electrons. The van der Waals surface area contributed by atoms with E-state index in [0.29, 0.717) is 28.1 Å². The van der Waals surface area contributed by atoms with Crippen molar-refractivity contribution in [1.29, 1.82) is 0 Å². The van der Waals surface area contributed by atoms with Gasteiger partial charge in [-0.15, -0.1) is 0 Å². The average Bonchev–Trinajstić information content (AvgIpc) is 3.27. The molecule has 5 rings (SSSR count). The van der Waals surface area contributed by atoms with Gasteiger partial charge in [-0.1, -0.05) is 28.9 Å². The van der Waals surface area contributed by atoms with Crippen LogP contribution in [-0.4, -0.2) is 37.3 Å². The predicted octanol–water partition coefficient (Wildman–Crippen LogP) is 4.75. The van der Waals surface area contributed by atoms with E-state index in [2.05, 4.69) is 16.3 Å². The van der Waals surface area contributed by atoms with E-state index in [1.54, 1.807) is 12.1 Å². The number of aryl methyl sites for hydroxylation is 1. The Morgan fingerprint density at radius 1 is 1.22 bits per heavy atom. The van der Waals surface area contributed by atoms with Crippen molar-refractivity contribution >= 4 is 22.5 Å². The maximum absolute atomic E-state index is 9.52. The Morgan fingerprint density at radius 3 is 2.72 bits per heavy atom. The first-order chi connectivity index (χ1) is 15.3. The van der Waals surface area contributed by atoms with Crippen LogP contribution in [0.3, 0.4) is 0 Å². The minimum absolute atomic E-state index is 0.0237. The van der Waals surface area contributed by atoms with Gasteiger partial charge in [0.1, 0.15) is 5.75 Å². The van der Waals surface area contributed by atoms with Gasteiger partial charge in [0.05, 0.1) is 16.6 Å². The molecule has 2 aromatic heterocycles. The number of ether oxygens (including phenoxy) is 1. The molecule has 0 bridgehead atoms. The molecule has 0 amide bonds. The van der Waals surface area contributed by atoms with Crippen molar-refractivity contribution < 1.29 is 19.5 Å². The number of para-hydroxylation sites is 1. The van der Waals surface area contributed by atoms with E-state index >= 15 is 0 Å². The quantitative estimate of drug-likeness (QED) is 0.409. The average molecular weight is 454 g/mol. The molecule has 4 aromatic rings. The summed E-state index contributed by atoms with van der Waals surface area (Å²) >= 11 is 6.36. The molecule has 1 aliphatic rings. The summed E-state index contributed by atoms with van der Waals surface area (Å²) < 4.78 is 13.3. The zero-order valence-corrected chi connectivity index (χ0v) is 18.7. The third-order valence-corrected chi connectivity index (χ3v) is 6.16. The lowest BCUT2D eigenvalue weighted by Crippen LogP contribution is -2.07. The molecular formula is C24H24ClN3O4. The highest BCUT2D eigenvalue weighted by Gasteiger charge is 2.44. The van der Waals surface area contributed by atoms with Crippen LogP contribution in [0.1, 0.15) is 31.7 Å². The van der Waals surface area contributed by atoms with E-state index in [1.807, 2.05) is 49.7 Å². The van der Waals surface area contributed by atoms with Crippen molar-refractivity contribution in [2.75, 3.05) is 0 Å². The number of rotatable bonds is 6. The summed E-state index contributed by atoms with van der Waals surface area (Å²) in [5.74, 6) is 1.48. The molecular weight excluding hydrogens is 430 g/mol. The molecule has 0 saturated heterocycles. The van der Waals surface area contributed by atoms with Crippen LogP contribution in [0.4, 0.5) is 0 Å². The van der Waals surface area contributed by atoms with Gasteiger partial charge in [0.2, 0.25) is 5.82 Å². The fraction of sp³-hybridized carbons (Fsp3) is 0.333. The highest BCUT2D eigenvalue weighted by Crippen LogP contribution is 2.51. The summed E-state index contributed by atoms with van der Waals surface area (Å²) in [5, 5.41) is 24.8. The van der Waals surface area contributed by atoms with Gasteiger partial charge in [-0.2, -0.15) is 4.98 Å². The second-order valence-corrected chi connectivity index (χ2v) is 8.96. The molecule has 1 aliphatic carbocycles. The Hall–Kier alpha value is -2.87. The van der Waals surface area contributed by atoms with Crippen LogP contribution in [0.5, 0.6) is 5.75 Å². The Balaban J connectivity index is 1.50. The summed E-state index contributed by atoms with van der Waals surface area (Å²) in [6, 6.07) is 11.4. The first-order valence-electron chi connectivity index (χ1n) is 10.6. The van der Waals surface area contributed by atoms with Gasteiger partial charge < -0.3 is 24.0 Å². The van der Waals surface area contributed by atoms with Gasteiger partial charge in [-0.25, -0.2) is 0 Å². The van der Waals surface area contributed by atoms with Crippen molar-refractivity contribution in [2.45, 2.75) is 38.6 Å². The van der Waals surface area contributed by atoms with E-state index in [0.717, 1.165) is 28.5 Å². The summed E-state index contributed by atoms with van der Waals surface area (Å²) in [7, 11) is 1.97. The maximum atomic E-state index is 9.52. The van der Waals surface area contributed by atoms with E-state index < -0.39 is 6.29 Å². The van der Waals surface area contributed by atoms with Gasteiger partial charge in [0.15, 0.2) is 6.29 Å². The normalized spacial score (nSPS) is 18.1. The number of aliphatic hydroxyl groups is 2. The molecule has 1 fully saturated rings. The van der Waals surface area contributed by atoms with E-state index in [4.69, 9.17) is 20.9 Å². The smallest absolute Gasteiger partial charge is 0.258 e. The fourth-order valence-corrected chi connectivity index (χ4v) is 4.54. The van der Waals surface area contributed by atoms with Gasteiger partial charge in [-0.3, -0.25) is 0 Å². The third-order valence-electron chi connectivity index (χ3n) is 5.86. The second-order valence-electron chi connectivity index (χ2n) is 8.55. The van der Waals surface area contributed by atoms with E-state index in [9.17, 15) is 10.2 Å². The molecule has 2 aromatic carbocycles. The molecule has 0 unspecified atom stereocenters. The molecule has 2 atom stereocenters. The van der Waals surface area contributed by atoms with Crippen LogP contribution < -0.4 is 4.74 Å². The summed E-state index contributed by atoms with van der Waals surface area (Å²) in [6.07, 6.45) is 1.55. The Bertz CT molecular complexity index is 1290. The summed E-state index contributed by atoms with van der Waals surface area (Å²) in [4.78, 5) is 4.62. The molecule has 0 spiro atoms. The monoisotopic (exact) mass is 453 g/mol. The van der Waals surface area contributed by atoms with Gasteiger partial charge in [0, 0.05) is 35.7 Å². The number of hydrogen-bond donors (Lipinski definition) is 2. The minimum Gasteiger partial charge on any atom is -0.489 e. The maximum Gasteiger partial charge on any atom is 0.258 e.